The number of amides is 2. The van der Waals surface area contributed by atoms with E-state index >= 15 is 0 Å². The molecular weight excluding hydrogens is 416 g/mol. The third-order valence-corrected chi connectivity index (χ3v) is 5.02. The van der Waals surface area contributed by atoms with Crippen molar-refractivity contribution in [1.29, 1.82) is 0 Å². The number of hydrogen-bond donors (Lipinski definition) is 1. The number of carbonyl (C=O) groups excluding carboxylic acids is 1. The third kappa shape index (κ3) is 4.55. The number of nitrogens with zero attached hydrogens (tertiary/aromatic N) is 6. The lowest BCUT2D eigenvalue weighted by Crippen LogP contribution is -2.49. The number of hydrogen-bond acceptors (Lipinski definition) is 5. The molecule has 1 aliphatic heterocycles. The smallest absolute Gasteiger partial charge is 0.321 e. The first-order valence-electron chi connectivity index (χ1n) is 9.26. The van der Waals surface area contributed by atoms with Gasteiger partial charge in [0.15, 0.2) is 17.5 Å². The second kappa shape index (κ2) is 8.72. The van der Waals surface area contributed by atoms with Gasteiger partial charge in [-0.1, -0.05) is 17.7 Å². The highest BCUT2D eigenvalue weighted by molar-refractivity contribution is 6.30. The molecule has 30 heavy (non-hydrogen) atoms. The van der Waals surface area contributed by atoms with Gasteiger partial charge in [0.25, 0.3) is 0 Å². The Bertz CT molecular complexity index is 1050. The van der Waals surface area contributed by atoms with Gasteiger partial charge in [0.05, 0.1) is 12.2 Å². The molecule has 4 rings (SSSR count). The van der Waals surface area contributed by atoms with E-state index in [4.69, 9.17) is 11.6 Å². The molecule has 11 heteroatoms. The lowest BCUT2D eigenvalue weighted by Gasteiger charge is -2.34. The minimum absolute atomic E-state index is 0.191. The van der Waals surface area contributed by atoms with Crippen LogP contribution < -0.4 is 5.32 Å². The van der Waals surface area contributed by atoms with Gasteiger partial charge in [0, 0.05) is 43.0 Å². The van der Waals surface area contributed by atoms with E-state index < -0.39 is 11.6 Å². The van der Waals surface area contributed by atoms with Gasteiger partial charge in [-0.25, -0.2) is 13.6 Å². The largest absolute Gasteiger partial charge is 0.322 e. The summed E-state index contributed by atoms with van der Waals surface area (Å²) in [4.78, 5) is 16.3. The first kappa shape index (κ1) is 20.2. The Hall–Kier alpha value is -3.11. The van der Waals surface area contributed by atoms with E-state index in [0.717, 1.165) is 12.1 Å². The summed E-state index contributed by atoms with van der Waals surface area (Å²) in [5.74, 6) is -1.40. The molecule has 0 atom stereocenters. The summed E-state index contributed by atoms with van der Waals surface area (Å²) in [6.45, 7) is 2.70. The highest BCUT2D eigenvalue weighted by Gasteiger charge is 2.23. The average molecular weight is 434 g/mol. The number of carbonyl (C=O) groups is 1. The van der Waals surface area contributed by atoms with Crippen LogP contribution in [0.4, 0.5) is 19.3 Å². The topological polar surface area (TPSA) is 79.2 Å². The Morgan fingerprint density at radius 3 is 2.60 bits per heavy atom. The van der Waals surface area contributed by atoms with Crippen molar-refractivity contribution in [3.8, 4) is 5.69 Å². The van der Waals surface area contributed by atoms with Crippen LogP contribution in [0.2, 0.25) is 5.02 Å². The lowest BCUT2D eigenvalue weighted by molar-refractivity contribution is 0.140. The zero-order chi connectivity index (χ0) is 21.1. The van der Waals surface area contributed by atoms with E-state index in [0.29, 0.717) is 54.9 Å². The summed E-state index contributed by atoms with van der Waals surface area (Å²) >= 11 is 5.95. The van der Waals surface area contributed by atoms with E-state index in [1.54, 1.807) is 29.2 Å². The minimum Gasteiger partial charge on any atom is -0.322 e. The van der Waals surface area contributed by atoms with Gasteiger partial charge in [-0.3, -0.25) is 4.90 Å². The van der Waals surface area contributed by atoms with Crippen molar-refractivity contribution in [3.05, 3.63) is 64.9 Å². The predicted octanol–water partition coefficient (Wildman–Crippen LogP) is 2.94. The summed E-state index contributed by atoms with van der Waals surface area (Å²) in [6.07, 6.45) is 0. The number of benzene rings is 2. The fourth-order valence-electron chi connectivity index (χ4n) is 3.20. The molecular formula is C19H18ClF2N7O. The van der Waals surface area contributed by atoms with Gasteiger partial charge < -0.3 is 10.2 Å². The minimum atomic E-state index is -0.965. The molecule has 0 aliphatic carbocycles. The predicted molar refractivity (Wildman–Crippen MR) is 106 cm³/mol. The number of aromatic nitrogens is 4. The van der Waals surface area contributed by atoms with E-state index in [-0.39, 0.29) is 6.03 Å². The van der Waals surface area contributed by atoms with Crippen molar-refractivity contribution < 1.29 is 13.6 Å². The Kier molecular flexibility index (Phi) is 5.86. The van der Waals surface area contributed by atoms with Gasteiger partial charge in [0.1, 0.15) is 0 Å². The van der Waals surface area contributed by atoms with Crippen molar-refractivity contribution in [2.45, 2.75) is 6.54 Å². The molecule has 1 fully saturated rings. The number of urea groups is 1. The van der Waals surface area contributed by atoms with E-state index in [2.05, 4.69) is 25.7 Å². The standard InChI is InChI=1S/C19H18ClF2N7O/c20-13-2-1-3-14(10-13)23-19(30)28-8-6-27(7-9-28)12-18-24-25-26-29(18)15-4-5-16(21)17(22)11-15/h1-5,10-11H,6-9,12H2,(H,23,30). The van der Waals surface area contributed by atoms with E-state index in [9.17, 15) is 13.6 Å². The average Bonchev–Trinajstić information content (AvgIpc) is 3.19. The number of rotatable bonds is 4. The number of halogens is 3. The maximum absolute atomic E-state index is 13.5. The summed E-state index contributed by atoms with van der Waals surface area (Å²) < 4.78 is 28.1. The first-order valence-corrected chi connectivity index (χ1v) is 9.64. The van der Waals surface area contributed by atoms with Crippen molar-refractivity contribution in [2.24, 2.45) is 0 Å². The van der Waals surface area contributed by atoms with Crippen molar-refractivity contribution in [1.82, 2.24) is 30.0 Å². The molecule has 1 saturated heterocycles. The molecule has 1 aromatic heterocycles. The van der Waals surface area contributed by atoms with Crippen LogP contribution in [0, 0.1) is 11.6 Å². The van der Waals surface area contributed by atoms with Crippen LogP contribution in [0.3, 0.4) is 0 Å². The van der Waals surface area contributed by atoms with Gasteiger partial charge in [-0.05, 0) is 40.8 Å². The van der Waals surface area contributed by atoms with Crippen molar-refractivity contribution in [3.63, 3.8) is 0 Å². The molecule has 0 unspecified atom stereocenters. The Morgan fingerprint density at radius 2 is 1.87 bits per heavy atom. The summed E-state index contributed by atoms with van der Waals surface area (Å²) in [6, 6.07) is 10.3. The molecule has 1 aliphatic rings. The SMILES string of the molecule is O=C(Nc1cccc(Cl)c1)N1CCN(Cc2nnnn2-c2ccc(F)c(F)c2)CC1. The van der Waals surface area contributed by atoms with Crippen molar-refractivity contribution in [2.75, 3.05) is 31.5 Å². The number of piperazine rings is 1. The molecule has 0 bridgehead atoms. The van der Waals surface area contributed by atoms with Crippen LogP contribution in [-0.2, 0) is 6.54 Å². The molecule has 0 saturated carbocycles. The molecule has 0 spiro atoms. The van der Waals surface area contributed by atoms with E-state index in [1.807, 2.05) is 0 Å². The van der Waals surface area contributed by atoms with Gasteiger partial charge in [-0.2, -0.15) is 4.68 Å². The third-order valence-electron chi connectivity index (χ3n) is 4.78. The van der Waals surface area contributed by atoms with Crippen LogP contribution in [0.15, 0.2) is 42.5 Å². The Balaban J connectivity index is 1.35. The lowest BCUT2D eigenvalue weighted by atomic mass is 10.3. The second-order valence-electron chi connectivity index (χ2n) is 6.81. The highest BCUT2D eigenvalue weighted by Crippen LogP contribution is 2.17. The maximum atomic E-state index is 13.5. The molecule has 2 aromatic carbocycles. The number of nitrogens with one attached hydrogen (secondary N) is 1. The molecule has 0 radical (unpaired) electrons. The molecule has 1 N–H and O–H groups in total. The normalized spacial score (nSPS) is 14.7. The zero-order valence-corrected chi connectivity index (χ0v) is 16.6. The second-order valence-corrected chi connectivity index (χ2v) is 7.25. The monoisotopic (exact) mass is 433 g/mol. The fraction of sp³-hybridized carbons (Fsp3) is 0.263. The Labute approximate surface area is 176 Å². The molecule has 8 nitrogen and oxygen atoms in total. The summed E-state index contributed by atoms with van der Waals surface area (Å²) in [7, 11) is 0. The van der Waals surface area contributed by atoms with Gasteiger partial charge >= 0.3 is 6.03 Å². The Morgan fingerprint density at radius 1 is 1.07 bits per heavy atom. The molecule has 156 valence electrons. The van der Waals surface area contributed by atoms with Gasteiger partial charge in [-0.15, -0.1) is 5.10 Å². The van der Waals surface area contributed by atoms with Crippen LogP contribution in [0.25, 0.3) is 5.69 Å². The molecule has 3 aromatic rings. The number of anilines is 1. The fourth-order valence-corrected chi connectivity index (χ4v) is 3.39. The van der Waals surface area contributed by atoms with Crippen LogP contribution >= 0.6 is 11.6 Å². The molecule has 2 heterocycles. The van der Waals surface area contributed by atoms with E-state index in [1.165, 1.54) is 10.7 Å². The highest BCUT2D eigenvalue weighted by atomic mass is 35.5. The van der Waals surface area contributed by atoms with Crippen LogP contribution in [-0.4, -0.2) is 62.2 Å². The summed E-state index contributed by atoms with van der Waals surface area (Å²) in [5, 5.41) is 14.9. The molecule has 2 amide bonds. The first-order chi connectivity index (χ1) is 14.5. The van der Waals surface area contributed by atoms with Crippen LogP contribution in [0.1, 0.15) is 5.82 Å². The number of tetrazole rings is 1. The van der Waals surface area contributed by atoms with Gasteiger partial charge in [0.2, 0.25) is 0 Å². The van der Waals surface area contributed by atoms with Crippen molar-refractivity contribution >= 4 is 23.3 Å². The zero-order valence-electron chi connectivity index (χ0n) is 15.8. The maximum Gasteiger partial charge on any atom is 0.321 e. The quantitative estimate of drug-likeness (QED) is 0.684. The van der Waals surface area contributed by atoms with Crippen LogP contribution in [0.5, 0.6) is 0 Å². The summed E-state index contributed by atoms with van der Waals surface area (Å²) in [5.41, 5.74) is 0.981.